The van der Waals surface area contributed by atoms with E-state index in [0.29, 0.717) is 22.4 Å². The highest BCUT2D eigenvalue weighted by molar-refractivity contribution is 9.10. The number of carboxylic acid groups (broad SMARTS) is 1. The minimum absolute atomic E-state index is 0.00287. The predicted molar refractivity (Wildman–Crippen MR) is 95.5 cm³/mol. The van der Waals surface area contributed by atoms with E-state index >= 15 is 0 Å². The number of halogens is 1. The normalized spacial score (nSPS) is 13.7. The van der Waals surface area contributed by atoms with Crippen LogP contribution in [0.3, 0.4) is 0 Å². The third-order valence-corrected chi connectivity index (χ3v) is 3.84. The van der Waals surface area contributed by atoms with Crippen LogP contribution in [0.2, 0.25) is 0 Å². The molecule has 0 heterocycles. The van der Waals surface area contributed by atoms with Crippen LogP contribution in [0.1, 0.15) is 42.5 Å². The fraction of sp³-hybridized carbons (Fsp3) is 0.500. The number of benzene rings is 1. The van der Waals surface area contributed by atoms with Crippen LogP contribution < -0.4 is 16.2 Å². The summed E-state index contributed by atoms with van der Waals surface area (Å²) in [5.41, 5.74) is 10.7. The number of carbonyl (C=O) groups excluding carboxylic acids is 1. The summed E-state index contributed by atoms with van der Waals surface area (Å²) in [6.07, 6.45) is 7.35. The lowest BCUT2D eigenvalue weighted by Crippen LogP contribution is -2.22. The minimum atomic E-state index is -0.968. The minimum Gasteiger partial charge on any atom is -0.503 e. The van der Waals surface area contributed by atoms with Crippen LogP contribution in [0, 0.1) is 0 Å². The first-order valence-corrected chi connectivity index (χ1v) is 8.34. The monoisotopic (exact) mass is 404 g/mol. The lowest BCUT2D eigenvalue weighted by Gasteiger charge is -2.15. The summed E-state index contributed by atoms with van der Waals surface area (Å²) in [5, 5.41) is 16.9. The molecule has 7 nitrogen and oxygen atoms in total. The molecule has 24 heavy (non-hydrogen) atoms. The third kappa shape index (κ3) is 9.49. The van der Waals surface area contributed by atoms with Gasteiger partial charge < -0.3 is 26.4 Å². The molecule has 0 aliphatic heterocycles. The van der Waals surface area contributed by atoms with Crippen LogP contribution in [0.5, 0.6) is 11.5 Å². The maximum absolute atomic E-state index is 10.4. The Kier molecular flexibility index (Phi) is 11.9. The first-order valence-electron chi connectivity index (χ1n) is 7.54. The van der Waals surface area contributed by atoms with Gasteiger partial charge in [-0.15, -0.1) is 0 Å². The van der Waals surface area contributed by atoms with Gasteiger partial charge in [0, 0.05) is 11.6 Å². The summed E-state index contributed by atoms with van der Waals surface area (Å²) < 4.78 is 5.28. The van der Waals surface area contributed by atoms with Crippen molar-refractivity contribution in [1.29, 1.82) is 0 Å². The zero-order valence-corrected chi connectivity index (χ0v) is 15.3. The molecule has 1 aliphatic carbocycles. The second-order valence-electron chi connectivity index (χ2n) is 5.17. The molecular weight excluding hydrogens is 380 g/mol. The molecule has 0 unspecified atom stereocenters. The Balaban J connectivity index is 0.000000373. The van der Waals surface area contributed by atoms with Crippen molar-refractivity contribution in [2.75, 3.05) is 13.7 Å². The summed E-state index contributed by atoms with van der Waals surface area (Å²) in [6.45, 7) is -0.278. The number of phenols is 1. The van der Waals surface area contributed by atoms with E-state index in [2.05, 4.69) is 21.7 Å². The Morgan fingerprint density at radius 2 is 1.92 bits per heavy atom. The number of aromatic hydroxyl groups is 1. The van der Waals surface area contributed by atoms with Gasteiger partial charge in [0.2, 0.25) is 0 Å². The predicted octanol–water partition coefficient (Wildman–Crippen LogP) is 2.28. The summed E-state index contributed by atoms with van der Waals surface area (Å²) >= 11 is 3.09. The van der Waals surface area contributed by atoms with Gasteiger partial charge in [0.1, 0.15) is 6.29 Å². The molecule has 2 rings (SSSR count). The zero-order valence-electron chi connectivity index (χ0n) is 13.7. The molecule has 8 heteroatoms. The van der Waals surface area contributed by atoms with Crippen LogP contribution in [0.25, 0.3) is 0 Å². The van der Waals surface area contributed by atoms with Crippen molar-refractivity contribution in [2.45, 2.75) is 38.1 Å². The maximum atomic E-state index is 10.4. The molecule has 1 fully saturated rings. The average Bonchev–Trinajstić information content (AvgIpc) is 2.59. The second kappa shape index (κ2) is 12.7. The maximum Gasteiger partial charge on any atom is 0.317 e. The van der Waals surface area contributed by atoms with Crippen molar-refractivity contribution in [1.82, 2.24) is 0 Å². The van der Waals surface area contributed by atoms with Gasteiger partial charge in [0.05, 0.1) is 18.1 Å². The van der Waals surface area contributed by atoms with E-state index in [1.807, 2.05) is 0 Å². The molecule has 1 saturated carbocycles. The van der Waals surface area contributed by atoms with Gasteiger partial charge in [-0.2, -0.15) is 0 Å². The van der Waals surface area contributed by atoms with Crippen molar-refractivity contribution < 1.29 is 24.5 Å². The molecule has 0 saturated heterocycles. The topological polar surface area (TPSA) is 136 Å². The Morgan fingerprint density at radius 1 is 1.38 bits per heavy atom. The van der Waals surface area contributed by atoms with Crippen molar-refractivity contribution in [2.24, 2.45) is 11.5 Å². The van der Waals surface area contributed by atoms with Gasteiger partial charge in [-0.25, -0.2) is 0 Å². The number of phenolic OH excluding ortho intramolecular Hbond substituents is 1. The molecule has 0 radical (unpaired) electrons. The van der Waals surface area contributed by atoms with Gasteiger partial charge in [0.25, 0.3) is 0 Å². The SMILES string of the molecule is COc1cc(C=O)cc(Br)c1O.NC1CCCCC1.NCC(=O)O. The summed E-state index contributed by atoms with van der Waals surface area (Å²) in [4.78, 5) is 19.6. The molecule has 0 spiro atoms. The standard InChI is InChI=1S/C8H7BrO3.C6H13N.C2H5NO2/c1-12-7-3-5(4-10)2-6(9)8(7)11;7-6-4-2-1-3-5-6;3-1-2(4)5/h2-4,11H,1H3;6H,1-5,7H2;1,3H2,(H,4,5). The number of carbonyl (C=O) groups is 2. The average molecular weight is 405 g/mol. The number of aliphatic carboxylic acids is 1. The first-order chi connectivity index (χ1) is 11.3. The van der Waals surface area contributed by atoms with Gasteiger partial charge in [-0.3, -0.25) is 9.59 Å². The summed E-state index contributed by atoms with van der Waals surface area (Å²) in [7, 11) is 1.43. The fourth-order valence-corrected chi connectivity index (χ4v) is 2.41. The quantitative estimate of drug-likeness (QED) is 0.567. The number of carboxylic acids is 1. The largest absolute Gasteiger partial charge is 0.503 e. The number of aldehydes is 1. The molecule has 0 aromatic heterocycles. The molecule has 0 bridgehead atoms. The molecule has 136 valence electrons. The number of methoxy groups -OCH3 is 1. The number of hydrogen-bond acceptors (Lipinski definition) is 6. The smallest absolute Gasteiger partial charge is 0.317 e. The zero-order chi connectivity index (χ0) is 18.5. The highest BCUT2D eigenvalue weighted by atomic mass is 79.9. The van der Waals surface area contributed by atoms with E-state index < -0.39 is 5.97 Å². The van der Waals surface area contributed by atoms with Crippen LogP contribution in [-0.2, 0) is 4.79 Å². The van der Waals surface area contributed by atoms with Crippen molar-refractivity contribution >= 4 is 28.2 Å². The first kappa shape index (κ1) is 22.4. The summed E-state index contributed by atoms with van der Waals surface area (Å²) in [6, 6.07) is 3.52. The Labute approximate surface area is 150 Å². The van der Waals surface area contributed by atoms with Crippen LogP contribution >= 0.6 is 15.9 Å². The Hall–Kier alpha value is -1.64. The van der Waals surface area contributed by atoms with Crippen molar-refractivity contribution in [3.8, 4) is 11.5 Å². The number of nitrogens with two attached hydrogens (primary N) is 2. The highest BCUT2D eigenvalue weighted by Crippen LogP contribution is 2.34. The molecule has 0 atom stereocenters. The third-order valence-electron chi connectivity index (χ3n) is 3.23. The van der Waals surface area contributed by atoms with E-state index in [0.717, 1.165) is 0 Å². The van der Waals surface area contributed by atoms with Crippen LogP contribution in [0.4, 0.5) is 0 Å². The molecule has 1 aliphatic rings. The molecule has 0 amide bonds. The van der Waals surface area contributed by atoms with Gasteiger partial charge in [0.15, 0.2) is 11.5 Å². The van der Waals surface area contributed by atoms with Crippen molar-refractivity contribution in [3.05, 3.63) is 22.2 Å². The van der Waals surface area contributed by atoms with Crippen molar-refractivity contribution in [3.63, 3.8) is 0 Å². The van der Waals surface area contributed by atoms with Gasteiger partial charge in [-0.1, -0.05) is 19.3 Å². The number of ether oxygens (including phenoxy) is 1. The van der Waals surface area contributed by atoms with Crippen LogP contribution in [-0.4, -0.2) is 42.2 Å². The van der Waals surface area contributed by atoms with E-state index in [1.165, 1.54) is 51.3 Å². The van der Waals surface area contributed by atoms with Gasteiger partial charge >= 0.3 is 5.97 Å². The fourth-order valence-electron chi connectivity index (χ4n) is 1.95. The summed E-state index contributed by atoms with van der Waals surface area (Å²) in [5.74, 6) is -0.681. The lowest BCUT2D eigenvalue weighted by molar-refractivity contribution is -0.135. The second-order valence-corrected chi connectivity index (χ2v) is 6.02. The van der Waals surface area contributed by atoms with Crippen LogP contribution in [0.15, 0.2) is 16.6 Å². The van der Waals surface area contributed by atoms with E-state index in [9.17, 15) is 14.7 Å². The Morgan fingerprint density at radius 3 is 2.25 bits per heavy atom. The van der Waals surface area contributed by atoms with Gasteiger partial charge in [-0.05, 0) is 40.9 Å². The molecular formula is C16H25BrN2O5. The Bertz CT molecular complexity index is 519. The van der Waals surface area contributed by atoms with E-state index in [1.54, 1.807) is 0 Å². The lowest BCUT2D eigenvalue weighted by atomic mass is 9.97. The highest BCUT2D eigenvalue weighted by Gasteiger charge is 2.07. The number of hydrogen-bond donors (Lipinski definition) is 4. The van der Waals surface area contributed by atoms with E-state index in [4.69, 9.17) is 15.6 Å². The molecule has 1 aromatic carbocycles. The molecule has 1 aromatic rings. The van der Waals surface area contributed by atoms with E-state index in [-0.39, 0.29) is 18.0 Å². The molecule has 6 N–H and O–H groups in total. The number of rotatable bonds is 3.